The summed E-state index contributed by atoms with van der Waals surface area (Å²) >= 11 is 0. The Kier molecular flexibility index (Phi) is 36.0. The number of fused-ring (bicyclic) bond motifs is 6. The Morgan fingerprint density at radius 3 is 1.52 bits per heavy atom. The number of hydrogen-bond donors (Lipinski definition) is 2. The largest absolute Gasteiger partial charge is 0.365 e. The highest BCUT2D eigenvalue weighted by Crippen LogP contribution is 2.49. The fourth-order valence-corrected chi connectivity index (χ4v) is 21.0. The Morgan fingerprint density at radius 1 is 0.525 bits per heavy atom. The molecule has 12 aliphatic rings. The lowest BCUT2D eigenvalue weighted by molar-refractivity contribution is -0.964. The average Bonchev–Trinajstić information content (AvgIpc) is 0.904. The van der Waals surface area contributed by atoms with Gasteiger partial charge < -0.3 is 52.6 Å². The van der Waals surface area contributed by atoms with Crippen molar-refractivity contribution in [2.45, 2.75) is 338 Å². The van der Waals surface area contributed by atoms with E-state index < -0.39 is 0 Å². The summed E-state index contributed by atoms with van der Waals surface area (Å²) in [6, 6.07) is 9.66. The molecule has 2 aromatic heterocycles. The van der Waals surface area contributed by atoms with Crippen LogP contribution >= 0.6 is 0 Å². The number of ketones is 2. The van der Waals surface area contributed by atoms with Crippen LogP contribution in [-0.4, -0.2) is 271 Å². The molecule has 0 aliphatic carbocycles. The molecule has 0 aromatic carbocycles. The minimum Gasteiger partial charge on any atom is -0.365 e. The van der Waals surface area contributed by atoms with Gasteiger partial charge in [-0.2, -0.15) is 4.57 Å². The summed E-state index contributed by atoms with van der Waals surface area (Å²) in [6.45, 7) is 81.8. The highest BCUT2D eigenvalue weighted by atomic mass is 16.2. The monoisotopic (exact) mass is 1680 g/mol. The van der Waals surface area contributed by atoms with Crippen LogP contribution in [0, 0.1) is 52.3 Å². The van der Waals surface area contributed by atoms with Crippen LogP contribution < -0.4 is 24.8 Å². The van der Waals surface area contributed by atoms with Crippen molar-refractivity contribution >= 4 is 52.6 Å². The zero-order valence-electron chi connectivity index (χ0n) is 82.6. The highest BCUT2D eigenvalue weighted by Gasteiger charge is 2.55. The number of Topliss-reactive ketones (excluding diaryl/α,β-unsaturated/α-hetero) is 2. The number of likely N-dealkylation sites (N-methyl/N-ethyl adjacent to an activating group) is 2. The summed E-state index contributed by atoms with van der Waals surface area (Å²) in [5.41, 5.74) is 7.44. The summed E-state index contributed by atoms with van der Waals surface area (Å²) in [5.74, 6) is 4.26. The van der Waals surface area contributed by atoms with E-state index in [-0.39, 0.29) is 53.2 Å². The number of rotatable bonds is 21. The quantitative estimate of drug-likeness (QED) is 0.0707. The molecule has 12 aliphatic heterocycles. The van der Waals surface area contributed by atoms with Gasteiger partial charge in [0, 0.05) is 187 Å². The molecule has 2 aromatic rings. The Hall–Kier alpha value is -5.61. The number of nitrogens with zero attached hydrogens (tertiary/aromatic N) is 12. The molecule has 14 rings (SSSR count). The molecule has 3 unspecified atom stereocenters. The molecule has 14 heterocycles. The van der Waals surface area contributed by atoms with Crippen LogP contribution in [0.5, 0.6) is 0 Å². The van der Waals surface area contributed by atoms with Crippen molar-refractivity contribution in [3.8, 4) is 0 Å². The molecule has 120 heavy (non-hydrogen) atoms. The highest BCUT2D eigenvalue weighted by molar-refractivity contribution is 5.95. The summed E-state index contributed by atoms with van der Waals surface area (Å²) in [4.78, 5) is 91.9. The third-order valence-electron chi connectivity index (χ3n) is 31.2. The van der Waals surface area contributed by atoms with Crippen LogP contribution in [0.25, 0.3) is 0 Å². The second-order valence-corrected chi connectivity index (χ2v) is 44.0. The number of likely N-dealkylation sites (tertiary alicyclic amines) is 5. The maximum atomic E-state index is 12.3. The van der Waals surface area contributed by atoms with Gasteiger partial charge in [-0.25, -0.2) is 0 Å². The zero-order chi connectivity index (χ0) is 89.9. The van der Waals surface area contributed by atoms with Crippen LogP contribution in [0.2, 0.25) is 0 Å². The van der Waals surface area contributed by atoms with E-state index in [0.29, 0.717) is 88.8 Å². The number of quaternary nitrogens is 5. The average molecular weight is 1680 g/mol. The molecule has 2 bridgehead atoms. The van der Waals surface area contributed by atoms with E-state index >= 15 is 0 Å². The SMILES string of the molecule is CC(C)C(=O)CC12CC[N+](C(C)C)(CC1)CC2.CC(C)C(=O)Cc1c[n+](C(C)C)n2c1NCC2.CC(C)C(=O)N1CC2(CC[N+](C)(C(C)C)CC2)C1.CC(C)C(=O)N1CC2=C(C1)C[N+](C)(C(C)C)C2.CC(C)C(=O)N1CCC2C1CC[N+]2(C)C(C)C.CC(C)C(=O)N1CCCc2c1ccc[n+]2C(C)C.CC(C)C(=O)NCC[N+]1(C(C)C)CCCC1. The van der Waals surface area contributed by atoms with Crippen molar-refractivity contribution in [2.75, 3.05) is 156 Å². The standard InChI is InChI=1S/C15H29N2O.C15H23N2O.C15H28NO.C14H25N2O.C14H27N2O.C13H21N3O.C13H26N2O/c1-12(2)14(18)16-10-15(11-16)6-8-17(5,9-7-15)13(3)4;1-11(2)15(18)17-10-6-7-13-14(17)8-5-9-16(13)12(3)4;1-12(2)14(17)11-15-5-8-16(9-6-15,10-7-15)13(3)4;1-10(2)14(17)15-6-12-8-16(5,11(3)4)9-13(12)7-15;1-10(2)14(17)15-8-6-13-12(15)7-9-16(13,5)11(3)4;1-9(2)12(17)7-11-8-16(10(3)4)15-6-5-14-13(11)15;1-11(2)13(16)14-7-10-15(12(3)4)8-5-6-9-15/h12-13H,6-11H2,1-5H3;5,8-9,11-12H,6-7,10H2,1-4H3;12-13H,5-11H2,1-4H3;10-11H,6-9H2,1-5H3;10-13H,6-9H2,1-5H3;8-10H,5-7H2,1-4H3;11-12H,5-10H2,1-4H3/q5*+1;;/p+2. The minimum atomic E-state index is 0.0589. The van der Waals surface area contributed by atoms with Gasteiger partial charge in [0.05, 0.1) is 135 Å². The number of aromatic nitrogens is 3. The number of hydrogen-bond acceptors (Lipinski definition) is 8. The van der Waals surface area contributed by atoms with Crippen LogP contribution in [0.3, 0.4) is 0 Å². The van der Waals surface area contributed by atoms with Gasteiger partial charge in [0.1, 0.15) is 36.4 Å². The van der Waals surface area contributed by atoms with Crippen molar-refractivity contribution in [3.63, 3.8) is 0 Å². The van der Waals surface area contributed by atoms with E-state index in [1.165, 1.54) is 140 Å². The van der Waals surface area contributed by atoms with Gasteiger partial charge in [-0.3, -0.25) is 33.6 Å². The predicted octanol–water partition coefficient (Wildman–Crippen LogP) is 14.5. The first-order valence-corrected chi connectivity index (χ1v) is 48.3. The third-order valence-corrected chi connectivity index (χ3v) is 31.2. The van der Waals surface area contributed by atoms with Gasteiger partial charge in [-0.1, -0.05) is 96.9 Å². The molecule has 682 valence electrons. The molecule has 5 amide bonds. The maximum Gasteiger partial charge on any atom is 0.229 e. The predicted molar refractivity (Wildman–Crippen MR) is 491 cm³/mol. The molecule has 8 fully saturated rings. The van der Waals surface area contributed by atoms with E-state index in [2.05, 4.69) is 171 Å². The number of pyridine rings is 1. The van der Waals surface area contributed by atoms with Gasteiger partial charge >= 0.3 is 0 Å². The van der Waals surface area contributed by atoms with Crippen molar-refractivity contribution in [1.82, 2.24) is 24.7 Å². The lowest BCUT2D eigenvalue weighted by atomic mass is 9.66. The summed E-state index contributed by atoms with van der Waals surface area (Å²) in [5, 5.41) is 6.41. The van der Waals surface area contributed by atoms with Crippen LogP contribution in [-0.2, 0) is 52.9 Å². The topological polar surface area (TPSA) is 169 Å². The second-order valence-electron chi connectivity index (χ2n) is 44.0. The number of carbonyl (C=O) groups excluding carboxylic acids is 7. The second kappa shape index (κ2) is 42.6. The molecular weight excluding hydrogens is 1500 g/mol. The first-order chi connectivity index (χ1) is 55.9. The summed E-state index contributed by atoms with van der Waals surface area (Å²) in [7, 11) is 7.09. The van der Waals surface area contributed by atoms with Crippen LogP contribution in [0.15, 0.2) is 35.7 Å². The van der Waals surface area contributed by atoms with E-state index in [0.717, 1.165) is 136 Å². The first-order valence-electron chi connectivity index (χ1n) is 48.3. The van der Waals surface area contributed by atoms with E-state index in [1.807, 2.05) is 113 Å². The molecule has 0 radical (unpaired) electrons. The Labute approximate surface area is 731 Å². The number of amides is 5. The molecule has 1 spiro atoms. The molecular formula is C99H181N14O7+7. The summed E-state index contributed by atoms with van der Waals surface area (Å²) < 4.78 is 12.7. The van der Waals surface area contributed by atoms with E-state index in [1.54, 1.807) is 0 Å². The van der Waals surface area contributed by atoms with Crippen molar-refractivity contribution in [3.05, 3.63) is 46.9 Å². The van der Waals surface area contributed by atoms with Crippen molar-refractivity contribution < 1.29 is 65.2 Å². The van der Waals surface area contributed by atoms with Gasteiger partial charge in [-0.15, -0.1) is 9.36 Å². The molecule has 21 nitrogen and oxygen atoms in total. The number of carbonyl (C=O) groups is 7. The zero-order valence-corrected chi connectivity index (χ0v) is 82.6. The normalized spacial score (nSPS) is 24.4. The molecule has 2 N–H and O–H groups in total. The molecule has 3 atom stereocenters. The number of piperidine rings is 4. The molecule has 0 saturated carbocycles. The maximum absolute atomic E-state index is 12.3. The van der Waals surface area contributed by atoms with Crippen LogP contribution in [0.4, 0.5) is 11.5 Å². The van der Waals surface area contributed by atoms with Crippen molar-refractivity contribution in [2.24, 2.45) is 52.3 Å². The smallest absolute Gasteiger partial charge is 0.229 e. The lowest BCUT2D eigenvalue weighted by Gasteiger charge is -2.56. The Balaban J connectivity index is 0.000000193. The third kappa shape index (κ3) is 24.3. The molecule has 8 saturated heterocycles. The Bertz CT molecular complexity index is 3720. The Morgan fingerprint density at radius 2 is 1.06 bits per heavy atom. The van der Waals surface area contributed by atoms with E-state index in [4.69, 9.17) is 0 Å². The lowest BCUT2D eigenvalue weighted by Crippen LogP contribution is -2.66. The van der Waals surface area contributed by atoms with Crippen LogP contribution in [0.1, 0.15) is 288 Å². The van der Waals surface area contributed by atoms with Gasteiger partial charge in [-0.05, 0) is 115 Å². The van der Waals surface area contributed by atoms with Crippen molar-refractivity contribution in [1.29, 1.82) is 0 Å². The van der Waals surface area contributed by atoms with Gasteiger partial charge in [0.15, 0.2) is 24.1 Å². The first kappa shape index (κ1) is 101. The number of anilines is 2. The fourth-order valence-electron chi connectivity index (χ4n) is 21.0. The van der Waals surface area contributed by atoms with Gasteiger partial charge in [0.25, 0.3) is 0 Å². The number of nitrogens with one attached hydrogen (secondary N) is 2. The minimum absolute atomic E-state index is 0.0589. The van der Waals surface area contributed by atoms with Gasteiger partial charge in [0.2, 0.25) is 41.4 Å². The molecule has 21 heteroatoms. The fraction of sp³-hybridized carbons (Fsp3) is 0.828. The van der Waals surface area contributed by atoms with E-state index in [9.17, 15) is 33.6 Å². The summed E-state index contributed by atoms with van der Waals surface area (Å²) in [6.07, 6.45) is 19.3.